The number of alkyl carbamates (subject to hydrolysis) is 1. The molecule has 3 aliphatic rings. The largest absolute Gasteiger partial charge is 0.481 e. The van der Waals surface area contributed by atoms with Crippen LogP contribution in [0.25, 0.3) is 11.1 Å². The van der Waals surface area contributed by atoms with E-state index in [1.54, 1.807) is 4.90 Å². The molecule has 2 aromatic carbocycles. The molecule has 2 amide bonds. The molecule has 4 atom stereocenters. The van der Waals surface area contributed by atoms with E-state index in [9.17, 15) is 19.5 Å². The molecular weight excluding hydrogens is 448 g/mol. The number of carbonyl (C=O) groups excluding carboxylic acids is 2. The summed E-state index contributed by atoms with van der Waals surface area (Å²) < 4.78 is 11.3. The lowest BCUT2D eigenvalue weighted by Crippen LogP contribution is -2.53. The first-order chi connectivity index (χ1) is 16.9. The molecule has 0 saturated carbocycles. The van der Waals surface area contributed by atoms with Gasteiger partial charge in [0.25, 0.3) is 5.91 Å². The van der Waals surface area contributed by atoms with Crippen LogP contribution in [0.1, 0.15) is 36.8 Å². The van der Waals surface area contributed by atoms with Crippen LogP contribution in [0.3, 0.4) is 0 Å². The Bertz CT molecular complexity index is 1090. The number of carbonyl (C=O) groups is 3. The summed E-state index contributed by atoms with van der Waals surface area (Å²) in [6.45, 7) is 3.08. The highest BCUT2D eigenvalue weighted by molar-refractivity contribution is 5.84. The topological polar surface area (TPSA) is 105 Å². The second-order valence-corrected chi connectivity index (χ2v) is 9.65. The summed E-state index contributed by atoms with van der Waals surface area (Å²) in [6, 6.07) is 15.7. The van der Waals surface area contributed by atoms with Crippen LogP contribution in [-0.4, -0.2) is 66.4 Å². The van der Waals surface area contributed by atoms with Crippen LogP contribution < -0.4 is 5.32 Å². The molecule has 5 rings (SSSR count). The number of nitrogens with one attached hydrogen (secondary N) is 1. The number of nitrogens with zero attached hydrogens (tertiary/aromatic N) is 1. The van der Waals surface area contributed by atoms with Crippen LogP contribution in [0.4, 0.5) is 4.79 Å². The Kier molecular flexibility index (Phi) is 6.47. The van der Waals surface area contributed by atoms with Crippen molar-refractivity contribution in [1.29, 1.82) is 0 Å². The molecule has 2 heterocycles. The fraction of sp³-hybridized carbons (Fsp3) is 0.444. The van der Waals surface area contributed by atoms with E-state index < -0.39 is 30.1 Å². The van der Waals surface area contributed by atoms with Crippen LogP contribution in [0.2, 0.25) is 0 Å². The summed E-state index contributed by atoms with van der Waals surface area (Å²) >= 11 is 0. The molecule has 2 aliphatic heterocycles. The fourth-order valence-electron chi connectivity index (χ4n) is 5.54. The average Bonchev–Trinajstić information content (AvgIpc) is 3.45. The van der Waals surface area contributed by atoms with Crippen molar-refractivity contribution in [2.75, 3.05) is 26.3 Å². The molecule has 184 valence electrons. The summed E-state index contributed by atoms with van der Waals surface area (Å²) in [4.78, 5) is 39.0. The van der Waals surface area contributed by atoms with Crippen molar-refractivity contribution in [2.24, 2.45) is 11.8 Å². The van der Waals surface area contributed by atoms with Crippen LogP contribution in [0.5, 0.6) is 0 Å². The summed E-state index contributed by atoms with van der Waals surface area (Å²) in [5.74, 6) is -1.80. The first-order valence-electron chi connectivity index (χ1n) is 12.2. The summed E-state index contributed by atoms with van der Waals surface area (Å²) in [5, 5.41) is 12.3. The number of benzene rings is 2. The average molecular weight is 479 g/mol. The van der Waals surface area contributed by atoms with Crippen LogP contribution in [0.15, 0.2) is 48.5 Å². The molecule has 8 nitrogen and oxygen atoms in total. The van der Waals surface area contributed by atoms with E-state index >= 15 is 0 Å². The van der Waals surface area contributed by atoms with E-state index in [4.69, 9.17) is 9.47 Å². The minimum Gasteiger partial charge on any atom is -0.481 e. The molecule has 0 radical (unpaired) electrons. The molecule has 0 spiro atoms. The molecule has 0 aromatic heterocycles. The molecular formula is C27H30N2O6. The number of carboxylic acids is 1. The number of carboxylic acid groups (broad SMARTS) is 1. The molecule has 0 bridgehead atoms. The van der Waals surface area contributed by atoms with Crippen molar-refractivity contribution < 1.29 is 29.0 Å². The van der Waals surface area contributed by atoms with Gasteiger partial charge < -0.3 is 24.8 Å². The van der Waals surface area contributed by atoms with Gasteiger partial charge in [-0.05, 0) is 41.0 Å². The first kappa shape index (κ1) is 23.4. The molecule has 2 unspecified atom stereocenters. The van der Waals surface area contributed by atoms with Crippen molar-refractivity contribution in [3.63, 3.8) is 0 Å². The summed E-state index contributed by atoms with van der Waals surface area (Å²) in [5.41, 5.74) is 4.57. The van der Waals surface area contributed by atoms with Gasteiger partial charge in [0.2, 0.25) is 0 Å². The minimum atomic E-state index is -0.893. The zero-order valence-electron chi connectivity index (χ0n) is 19.7. The van der Waals surface area contributed by atoms with Gasteiger partial charge in [0, 0.05) is 25.6 Å². The van der Waals surface area contributed by atoms with Crippen molar-refractivity contribution in [3.8, 4) is 11.1 Å². The SMILES string of the molecule is CC1CCN(C(=O)[C@@H]2OCC[C@@H]2NC(=O)OCC2c3ccccc3-c3ccccc32)CC1C(=O)O. The molecule has 2 saturated heterocycles. The normalized spacial score (nSPS) is 25.6. The lowest BCUT2D eigenvalue weighted by Gasteiger charge is -2.36. The van der Waals surface area contributed by atoms with Gasteiger partial charge in [-0.1, -0.05) is 55.5 Å². The summed E-state index contributed by atoms with van der Waals surface area (Å²) in [7, 11) is 0. The number of aliphatic carboxylic acids is 1. The Hall–Kier alpha value is -3.39. The predicted octanol–water partition coefficient (Wildman–Crippen LogP) is 3.25. The summed E-state index contributed by atoms with van der Waals surface area (Å²) in [6.07, 6.45) is -0.304. The minimum absolute atomic E-state index is 0.00999. The van der Waals surface area contributed by atoms with E-state index in [-0.39, 0.29) is 30.9 Å². The Balaban J connectivity index is 1.20. The van der Waals surface area contributed by atoms with Gasteiger partial charge in [0.05, 0.1) is 12.0 Å². The van der Waals surface area contributed by atoms with E-state index in [2.05, 4.69) is 29.6 Å². The third-order valence-electron chi connectivity index (χ3n) is 7.57. The number of fused-ring (bicyclic) bond motifs is 3. The number of amides is 2. The Labute approximate surface area is 204 Å². The second kappa shape index (κ2) is 9.70. The monoisotopic (exact) mass is 478 g/mol. The van der Waals surface area contributed by atoms with Crippen molar-refractivity contribution in [1.82, 2.24) is 10.2 Å². The Morgan fingerprint density at radius 3 is 2.37 bits per heavy atom. The number of hydrogen-bond donors (Lipinski definition) is 2. The highest BCUT2D eigenvalue weighted by Gasteiger charge is 2.41. The standard InChI is InChI=1S/C27H30N2O6/c1-16-10-12-29(14-21(16)26(31)32)25(30)24-23(11-13-34-24)28-27(33)35-15-22-19-8-4-2-6-17(19)18-7-3-5-9-20(18)22/h2-9,16,21-24H,10-15H2,1H3,(H,28,33)(H,31,32)/t16?,21?,23-,24+/m0/s1. The maximum Gasteiger partial charge on any atom is 0.407 e. The Morgan fingerprint density at radius 2 is 1.71 bits per heavy atom. The molecule has 2 fully saturated rings. The fourth-order valence-corrected chi connectivity index (χ4v) is 5.54. The molecule has 2 aromatic rings. The number of likely N-dealkylation sites (tertiary alicyclic amines) is 1. The quantitative estimate of drug-likeness (QED) is 0.684. The number of ether oxygens (including phenoxy) is 2. The van der Waals surface area contributed by atoms with Gasteiger partial charge in [-0.25, -0.2) is 4.79 Å². The highest BCUT2D eigenvalue weighted by Crippen LogP contribution is 2.44. The van der Waals surface area contributed by atoms with Crippen molar-refractivity contribution in [2.45, 2.75) is 37.8 Å². The van der Waals surface area contributed by atoms with E-state index in [0.717, 1.165) is 22.3 Å². The lowest BCUT2D eigenvalue weighted by atomic mass is 9.87. The number of piperidine rings is 1. The number of hydrogen-bond acceptors (Lipinski definition) is 5. The smallest absolute Gasteiger partial charge is 0.407 e. The van der Waals surface area contributed by atoms with E-state index in [0.29, 0.717) is 26.0 Å². The third kappa shape index (κ3) is 4.50. The van der Waals surface area contributed by atoms with Gasteiger partial charge in [-0.15, -0.1) is 0 Å². The maximum absolute atomic E-state index is 13.1. The van der Waals surface area contributed by atoms with Crippen LogP contribution in [0, 0.1) is 11.8 Å². The molecule has 35 heavy (non-hydrogen) atoms. The third-order valence-corrected chi connectivity index (χ3v) is 7.57. The second-order valence-electron chi connectivity index (χ2n) is 9.65. The predicted molar refractivity (Wildman–Crippen MR) is 128 cm³/mol. The molecule has 2 N–H and O–H groups in total. The number of rotatable bonds is 5. The van der Waals surface area contributed by atoms with Crippen LogP contribution >= 0.6 is 0 Å². The van der Waals surface area contributed by atoms with Crippen LogP contribution in [-0.2, 0) is 19.1 Å². The van der Waals surface area contributed by atoms with E-state index in [1.807, 2.05) is 31.2 Å². The van der Waals surface area contributed by atoms with E-state index in [1.165, 1.54) is 0 Å². The Morgan fingerprint density at radius 1 is 1.06 bits per heavy atom. The van der Waals surface area contributed by atoms with Gasteiger partial charge in [-0.2, -0.15) is 0 Å². The maximum atomic E-state index is 13.1. The van der Waals surface area contributed by atoms with Crippen molar-refractivity contribution >= 4 is 18.0 Å². The first-order valence-corrected chi connectivity index (χ1v) is 12.2. The van der Waals surface area contributed by atoms with Gasteiger partial charge in [-0.3, -0.25) is 9.59 Å². The molecule has 1 aliphatic carbocycles. The van der Waals surface area contributed by atoms with Gasteiger partial charge in [0.1, 0.15) is 6.61 Å². The van der Waals surface area contributed by atoms with Gasteiger partial charge >= 0.3 is 12.1 Å². The molecule has 8 heteroatoms. The lowest BCUT2D eigenvalue weighted by molar-refractivity contribution is -0.151. The highest BCUT2D eigenvalue weighted by atomic mass is 16.6. The van der Waals surface area contributed by atoms with Gasteiger partial charge in [0.15, 0.2) is 6.10 Å². The van der Waals surface area contributed by atoms with Crippen molar-refractivity contribution in [3.05, 3.63) is 59.7 Å². The zero-order chi connectivity index (χ0) is 24.5. The zero-order valence-corrected chi connectivity index (χ0v) is 19.7.